The fraction of sp³-hybridized carbons (Fsp3) is 0.217. The molecule has 1 aliphatic rings. The van der Waals surface area contributed by atoms with Crippen LogP contribution in [0.25, 0.3) is 11.3 Å². The number of nitrogens with one attached hydrogen (secondary N) is 1. The van der Waals surface area contributed by atoms with Crippen molar-refractivity contribution < 1.29 is 14.3 Å². The van der Waals surface area contributed by atoms with Crippen molar-refractivity contribution in [3.8, 4) is 11.3 Å². The van der Waals surface area contributed by atoms with Gasteiger partial charge in [-0.05, 0) is 49.2 Å². The van der Waals surface area contributed by atoms with E-state index < -0.39 is 5.97 Å². The Morgan fingerprint density at radius 3 is 2.23 bits per heavy atom. The molecule has 2 heterocycles. The first-order valence-electron chi connectivity index (χ1n) is 9.83. The number of hydrogen-bond donors (Lipinski definition) is 1. The van der Waals surface area contributed by atoms with Crippen molar-refractivity contribution in [3.63, 3.8) is 0 Å². The largest absolute Gasteiger partial charge is 0.465 e. The zero-order chi connectivity index (χ0) is 20.9. The van der Waals surface area contributed by atoms with Crippen LogP contribution in [0.5, 0.6) is 0 Å². The van der Waals surface area contributed by atoms with E-state index in [0.717, 1.165) is 30.2 Å². The van der Waals surface area contributed by atoms with E-state index in [4.69, 9.17) is 4.74 Å². The lowest BCUT2D eigenvalue weighted by Gasteiger charge is -2.15. The first-order valence-corrected chi connectivity index (χ1v) is 9.83. The minimum atomic E-state index is -0.549. The van der Waals surface area contributed by atoms with E-state index in [9.17, 15) is 9.59 Å². The van der Waals surface area contributed by atoms with Crippen LogP contribution in [0.15, 0.2) is 60.7 Å². The molecule has 0 spiro atoms. The Bertz CT molecular complexity index is 1040. The molecular formula is C23H22N4O3. The predicted octanol–water partition coefficient (Wildman–Crippen LogP) is 3.78. The van der Waals surface area contributed by atoms with Gasteiger partial charge in [0.2, 0.25) is 0 Å². The standard InChI is InChI=1S/C23H22N4O3/c1-30-23(29)19-7-3-2-6-18(19)22(28)24-17-10-8-16(9-11-17)20-12-13-21(26-25-20)27-14-4-5-15-27/h2-3,6-13H,4-5,14-15H2,1H3,(H,24,28). The summed E-state index contributed by atoms with van der Waals surface area (Å²) in [5, 5.41) is 11.5. The number of benzene rings is 2. The summed E-state index contributed by atoms with van der Waals surface area (Å²) in [7, 11) is 1.29. The van der Waals surface area contributed by atoms with Crippen molar-refractivity contribution in [1.82, 2.24) is 10.2 Å². The minimum absolute atomic E-state index is 0.225. The molecule has 0 bridgehead atoms. The molecule has 1 saturated heterocycles. The van der Waals surface area contributed by atoms with Crippen LogP contribution in [0.2, 0.25) is 0 Å². The Labute approximate surface area is 174 Å². The number of hydrogen-bond acceptors (Lipinski definition) is 6. The van der Waals surface area contributed by atoms with Crippen LogP contribution in [-0.4, -0.2) is 42.3 Å². The highest BCUT2D eigenvalue weighted by molar-refractivity contribution is 6.11. The summed E-state index contributed by atoms with van der Waals surface area (Å²) < 4.78 is 4.75. The molecular weight excluding hydrogens is 380 g/mol. The molecule has 7 heteroatoms. The summed E-state index contributed by atoms with van der Waals surface area (Å²) in [5.41, 5.74) is 2.78. The zero-order valence-electron chi connectivity index (χ0n) is 16.7. The van der Waals surface area contributed by atoms with Gasteiger partial charge >= 0.3 is 5.97 Å². The Morgan fingerprint density at radius 1 is 0.900 bits per heavy atom. The maximum absolute atomic E-state index is 12.6. The Kier molecular flexibility index (Phi) is 5.70. The smallest absolute Gasteiger partial charge is 0.338 e. The van der Waals surface area contributed by atoms with Gasteiger partial charge in [-0.1, -0.05) is 24.3 Å². The van der Waals surface area contributed by atoms with Gasteiger partial charge < -0.3 is 15.0 Å². The van der Waals surface area contributed by atoms with Crippen molar-refractivity contribution in [2.45, 2.75) is 12.8 Å². The van der Waals surface area contributed by atoms with Crippen LogP contribution < -0.4 is 10.2 Å². The van der Waals surface area contributed by atoms with Gasteiger partial charge in [0, 0.05) is 24.3 Å². The summed E-state index contributed by atoms with van der Waals surface area (Å²) in [6.45, 7) is 2.06. The lowest BCUT2D eigenvalue weighted by Crippen LogP contribution is -2.19. The predicted molar refractivity (Wildman–Crippen MR) is 115 cm³/mol. The molecule has 3 aromatic rings. The number of carbonyl (C=O) groups is 2. The number of carbonyl (C=O) groups excluding carboxylic acids is 2. The molecule has 4 rings (SSSR count). The fourth-order valence-electron chi connectivity index (χ4n) is 3.49. The van der Waals surface area contributed by atoms with E-state index >= 15 is 0 Å². The monoisotopic (exact) mass is 402 g/mol. The summed E-state index contributed by atoms with van der Waals surface area (Å²) in [4.78, 5) is 26.7. The van der Waals surface area contributed by atoms with Crippen LogP contribution in [0, 0.1) is 0 Å². The van der Waals surface area contributed by atoms with E-state index in [2.05, 4.69) is 20.4 Å². The molecule has 1 N–H and O–H groups in total. The molecule has 0 atom stereocenters. The van der Waals surface area contributed by atoms with Crippen molar-refractivity contribution >= 4 is 23.4 Å². The second kappa shape index (κ2) is 8.73. The Hall–Kier alpha value is -3.74. The van der Waals surface area contributed by atoms with Gasteiger partial charge in [0.05, 0.1) is 23.9 Å². The molecule has 7 nitrogen and oxygen atoms in total. The molecule has 1 aromatic heterocycles. The maximum atomic E-state index is 12.6. The van der Waals surface area contributed by atoms with Gasteiger partial charge in [-0.15, -0.1) is 10.2 Å². The number of nitrogens with zero attached hydrogens (tertiary/aromatic N) is 3. The lowest BCUT2D eigenvalue weighted by atomic mass is 10.1. The summed E-state index contributed by atoms with van der Waals surface area (Å²) in [6.07, 6.45) is 2.39. The van der Waals surface area contributed by atoms with Crippen LogP contribution in [0.4, 0.5) is 11.5 Å². The summed E-state index contributed by atoms with van der Waals surface area (Å²) in [6, 6.07) is 17.8. The number of esters is 1. The van der Waals surface area contributed by atoms with E-state index in [1.165, 1.54) is 20.0 Å². The van der Waals surface area contributed by atoms with Crippen LogP contribution in [0.3, 0.4) is 0 Å². The number of rotatable bonds is 5. The number of methoxy groups -OCH3 is 1. The Balaban J connectivity index is 1.46. The SMILES string of the molecule is COC(=O)c1ccccc1C(=O)Nc1ccc(-c2ccc(N3CCCC3)nn2)cc1. The highest BCUT2D eigenvalue weighted by atomic mass is 16.5. The van der Waals surface area contributed by atoms with Crippen LogP contribution in [-0.2, 0) is 4.74 Å². The normalized spacial score (nSPS) is 13.2. The summed E-state index contributed by atoms with van der Waals surface area (Å²) in [5.74, 6) is -0.0186. The average Bonchev–Trinajstić information content (AvgIpc) is 3.34. The number of amides is 1. The third kappa shape index (κ3) is 4.15. The van der Waals surface area contributed by atoms with E-state index in [1.807, 2.05) is 24.3 Å². The number of aromatic nitrogens is 2. The van der Waals surface area contributed by atoms with Gasteiger partial charge in [0.15, 0.2) is 5.82 Å². The molecule has 1 aliphatic heterocycles. The molecule has 2 aromatic carbocycles. The molecule has 152 valence electrons. The van der Waals surface area contributed by atoms with Gasteiger partial charge in [0.1, 0.15) is 0 Å². The zero-order valence-corrected chi connectivity index (χ0v) is 16.7. The van der Waals surface area contributed by atoms with Crippen molar-refractivity contribution in [1.29, 1.82) is 0 Å². The summed E-state index contributed by atoms with van der Waals surface area (Å²) >= 11 is 0. The molecule has 1 fully saturated rings. The first kappa shape index (κ1) is 19.6. The van der Waals surface area contributed by atoms with E-state index in [-0.39, 0.29) is 17.0 Å². The van der Waals surface area contributed by atoms with Gasteiger partial charge in [-0.25, -0.2) is 4.79 Å². The number of ether oxygens (including phenoxy) is 1. The highest BCUT2D eigenvalue weighted by Crippen LogP contribution is 2.23. The van der Waals surface area contributed by atoms with Crippen molar-refractivity contribution in [2.24, 2.45) is 0 Å². The molecule has 0 aliphatic carbocycles. The lowest BCUT2D eigenvalue weighted by molar-refractivity contribution is 0.0597. The number of anilines is 2. The highest BCUT2D eigenvalue weighted by Gasteiger charge is 2.17. The third-order valence-corrected chi connectivity index (χ3v) is 5.10. The van der Waals surface area contributed by atoms with Crippen LogP contribution in [0.1, 0.15) is 33.6 Å². The van der Waals surface area contributed by atoms with Crippen molar-refractivity contribution in [3.05, 3.63) is 71.8 Å². The quantitative estimate of drug-likeness (QED) is 0.654. The van der Waals surface area contributed by atoms with Crippen LogP contribution >= 0.6 is 0 Å². The Morgan fingerprint density at radius 2 is 1.60 bits per heavy atom. The molecule has 0 radical (unpaired) electrons. The average molecular weight is 402 g/mol. The van der Waals surface area contributed by atoms with E-state index in [1.54, 1.807) is 36.4 Å². The first-order chi connectivity index (χ1) is 14.7. The molecule has 0 unspecified atom stereocenters. The second-order valence-corrected chi connectivity index (χ2v) is 7.04. The van der Waals surface area contributed by atoms with Gasteiger partial charge in [-0.2, -0.15) is 0 Å². The fourth-order valence-corrected chi connectivity index (χ4v) is 3.49. The van der Waals surface area contributed by atoms with Crippen molar-refractivity contribution in [2.75, 3.05) is 30.4 Å². The van der Waals surface area contributed by atoms with Gasteiger partial charge in [0.25, 0.3) is 5.91 Å². The maximum Gasteiger partial charge on any atom is 0.338 e. The molecule has 0 saturated carbocycles. The topological polar surface area (TPSA) is 84.4 Å². The van der Waals surface area contributed by atoms with E-state index in [0.29, 0.717) is 5.69 Å². The van der Waals surface area contributed by atoms with Gasteiger partial charge in [-0.3, -0.25) is 4.79 Å². The minimum Gasteiger partial charge on any atom is -0.465 e. The third-order valence-electron chi connectivity index (χ3n) is 5.10. The second-order valence-electron chi connectivity index (χ2n) is 7.04. The molecule has 1 amide bonds. The molecule has 30 heavy (non-hydrogen) atoms.